The number of hydrogen-bond donors (Lipinski definition) is 0. The number of carbonyl (C=O) groups is 1. The van der Waals surface area contributed by atoms with Gasteiger partial charge in [-0.1, -0.05) is 23.4 Å². The average molecular weight is 305 g/mol. The highest BCUT2D eigenvalue weighted by Crippen LogP contribution is 2.32. The minimum absolute atomic E-state index is 0.118. The molecule has 4 rings (SSSR count). The molecule has 1 heterocycles. The number of rotatable bonds is 3. The van der Waals surface area contributed by atoms with E-state index in [0.29, 0.717) is 23.4 Å². The third-order valence-electron chi connectivity index (χ3n) is 3.96. The average Bonchev–Trinajstić information content (AvgIpc) is 3.02. The van der Waals surface area contributed by atoms with Gasteiger partial charge in [-0.05, 0) is 42.8 Å². The summed E-state index contributed by atoms with van der Waals surface area (Å²) in [6, 6.07) is 17.2. The van der Waals surface area contributed by atoms with Crippen LogP contribution in [0.1, 0.15) is 29.0 Å². The maximum absolute atomic E-state index is 12.1. The van der Waals surface area contributed by atoms with Crippen LogP contribution in [0.25, 0.3) is 11.3 Å². The molecule has 3 aromatic rings. The number of aromatic nitrogens is 1. The summed E-state index contributed by atoms with van der Waals surface area (Å²) in [7, 11) is 0. The molecular formula is C19H15NO3. The minimum Gasteiger partial charge on any atom is -0.457 e. The van der Waals surface area contributed by atoms with Crippen molar-refractivity contribution in [2.75, 3.05) is 0 Å². The largest absolute Gasteiger partial charge is 0.457 e. The van der Waals surface area contributed by atoms with Crippen LogP contribution in [0.2, 0.25) is 0 Å². The van der Waals surface area contributed by atoms with E-state index in [4.69, 9.17) is 9.26 Å². The van der Waals surface area contributed by atoms with Gasteiger partial charge in [-0.3, -0.25) is 4.79 Å². The van der Waals surface area contributed by atoms with E-state index >= 15 is 0 Å². The van der Waals surface area contributed by atoms with Gasteiger partial charge >= 0.3 is 0 Å². The van der Waals surface area contributed by atoms with Crippen molar-refractivity contribution < 1.29 is 14.1 Å². The number of para-hydroxylation sites is 1. The molecule has 2 aromatic carbocycles. The molecule has 1 aliphatic rings. The number of nitrogens with zero attached hydrogens (tertiary/aromatic N) is 1. The Kier molecular flexibility index (Phi) is 3.42. The summed E-state index contributed by atoms with van der Waals surface area (Å²) in [6.45, 7) is 0. The molecule has 0 saturated heterocycles. The lowest BCUT2D eigenvalue weighted by molar-refractivity contribution is 0.0969. The Hall–Kier alpha value is -2.88. The van der Waals surface area contributed by atoms with Gasteiger partial charge in [0.05, 0.1) is 5.56 Å². The second kappa shape index (κ2) is 5.72. The van der Waals surface area contributed by atoms with Gasteiger partial charge in [-0.25, -0.2) is 0 Å². The fraction of sp³-hybridized carbons (Fsp3) is 0.158. The lowest BCUT2D eigenvalue weighted by Crippen LogP contribution is -2.09. The van der Waals surface area contributed by atoms with Crippen LogP contribution < -0.4 is 4.74 Å². The topological polar surface area (TPSA) is 52.3 Å². The standard InChI is InChI=1S/C19H15NO3/c21-16-7-4-8-17-18(16)19(20-23-17)13-9-11-15(12-10-13)22-14-5-2-1-3-6-14/h1-3,5-6,9-12H,4,7-8H2. The van der Waals surface area contributed by atoms with E-state index in [1.54, 1.807) is 0 Å². The summed E-state index contributed by atoms with van der Waals surface area (Å²) in [5.41, 5.74) is 2.15. The summed E-state index contributed by atoms with van der Waals surface area (Å²) in [4.78, 5) is 12.1. The van der Waals surface area contributed by atoms with Crippen molar-refractivity contribution in [3.8, 4) is 22.8 Å². The minimum atomic E-state index is 0.118. The monoisotopic (exact) mass is 305 g/mol. The number of ether oxygens (including phenoxy) is 1. The summed E-state index contributed by atoms with van der Waals surface area (Å²) in [5.74, 6) is 2.35. The highest BCUT2D eigenvalue weighted by atomic mass is 16.5. The zero-order valence-corrected chi connectivity index (χ0v) is 12.5. The van der Waals surface area contributed by atoms with Gasteiger partial charge in [-0.15, -0.1) is 0 Å². The van der Waals surface area contributed by atoms with E-state index in [1.165, 1.54) is 0 Å². The Morgan fingerprint density at radius 2 is 1.65 bits per heavy atom. The molecule has 1 aliphatic carbocycles. The van der Waals surface area contributed by atoms with Crippen molar-refractivity contribution in [3.63, 3.8) is 0 Å². The second-order valence-electron chi connectivity index (χ2n) is 5.55. The number of hydrogen-bond acceptors (Lipinski definition) is 4. The van der Waals surface area contributed by atoms with Crippen molar-refractivity contribution >= 4 is 5.78 Å². The highest BCUT2D eigenvalue weighted by molar-refractivity contribution is 6.03. The predicted molar refractivity (Wildman–Crippen MR) is 85.7 cm³/mol. The molecular weight excluding hydrogens is 290 g/mol. The normalized spacial score (nSPS) is 13.7. The van der Waals surface area contributed by atoms with Gasteiger partial charge < -0.3 is 9.26 Å². The van der Waals surface area contributed by atoms with Crippen LogP contribution in [-0.4, -0.2) is 10.9 Å². The zero-order valence-electron chi connectivity index (χ0n) is 12.5. The Morgan fingerprint density at radius 3 is 2.43 bits per heavy atom. The summed E-state index contributed by atoms with van der Waals surface area (Å²) >= 11 is 0. The number of carbonyl (C=O) groups excluding carboxylic acids is 1. The van der Waals surface area contributed by atoms with Gasteiger partial charge in [-0.2, -0.15) is 0 Å². The molecule has 0 aliphatic heterocycles. The molecule has 0 atom stereocenters. The Balaban J connectivity index is 1.62. The van der Waals surface area contributed by atoms with E-state index in [0.717, 1.165) is 29.9 Å². The first-order chi connectivity index (χ1) is 11.3. The smallest absolute Gasteiger partial charge is 0.168 e. The van der Waals surface area contributed by atoms with Crippen LogP contribution in [0.15, 0.2) is 59.1 Å². The van der Waals surface area contributed by atoms with Crippen molar-refractivity contribution in [2.45, 2.75) is 19.3 Å². The number of benzene rings is 2. The molecule has 0 amide bonds. The molecule has 23 heavy (non-hydrogen) atoms. The number of Topliss-reactive ketones (excluding diaryl/α,β-unsaturated/α-hetero) is 1. The van der Waals surface area contributed by atoms with E-state index in [-0.39, 0.29) is 5.78 Å². The molecule has 0 saturated carbocycles. The van der Waals surface area contributed by atoms with Crippen molar-refractivity contribution in [1.82, 2.24) is 5.16 Å². The van der Waals surface area contributed by atoms with Crippen LogP contribution in [0.5, 0.6) is 11.5 Å². The Morgan fingerprint density at radius 1 is 0.913 bits per heavy atom. The van der Waals surface area contributed by atoms with E-state index in [1.807, 2.05) is 54.6 Å². The maximum atomic E-state index is 12.1. The highest BCUT2D eigenvalue weighted by Gasteiger charge is 2.26. The van der Waals surface area contributed by atoms with Crippen LogP contribution in [0, 0.1) is 0 Å². The van der Waals surface area contributed by atoms with Gasteiger partial charge in [0.15, 0.2) is 5.78 Å². The Bertz CT molecular complexity index is 835. The van der Waals surface area contributed by atoms with Gasteiger partial charge in [0, 0.05) is 18.4 Å². The van der Waals surface area contributed by atoms with Crippen LogP contribution in [0.4, 0.5) is 0 Å². The summed E-state index contributed by atoms with van der Waals surface area (Å²) in [5, 5.41) is 4.10. The third-order valence-corrected chi connectivity index (χ3v) is 3.96. The van der Waals surface area contributed by atoms with Crippen molar-refractivity contribution in [2.24, 2.45) is 0 Å². The van der Waals surface area contributed by atoms with Crippen molar-refractivity contribution in [3.05, 3.63) is 65.9 Å². The SMILES string of the molecule is O=C1CCCc2onc(-c3ccc(Oc4ccccc4)cc3)c21. The number of ketones is 1. The molecule has 0 bridgehead atoms. The molecule has 4 heteroatoms. The van der Waals surface area contributed by atoms with Crippen LogP contribution in [-0.2, 0) is 6.42 Å². The first-order valence-electron chi connectivity index (χ1n) is 7.66. The summed E-state index contributed by atoms with van der Waals surface area (Å²) in [6.07, 6.45) is 2.18. The molecule has 0 spiro atoms. The van der Waals surface area contributed by atoms with Gasteiger partial charge in [0.1, 0.15) is 23.0 Å². The van der Waals surface area contributed by atoms with E-state index < -0.39 is 0 Å². The molecule has 0 fully saturated rings. The first kappa shape index (κ1) is 13.8. The number of aryl methyl sites for hydroxylation is 1. The van der Waals surface area contributed by atoms with E-state index in [9.17, 15) is 4.79 Å². The molecule has 0 N–H and O–H groups in total. The van der Waals surface area contributed by atoms with Crippen LogP contribution >= 0.6 is 0 Å². The van der Waals surface area contributed by atoms with Crippen LogP contribution in [0.3, 0.4) is 0 Å². The molecule has 0 radical (unpaired) electrons. The third kappa shape index (κ3) is 2.63. The van der Waals surface area contributed by atoms with Gasteiger partial charge in [0.2, 0.25) is 0 Å². The molecule has 4 nitrogen and oxygen atoms in total. The fourth-order valence-corrected chi connectivity index (χ4v) is 2.82. The maximum Gasteiger partial charge on any atom is 0.168 e. The predicted octanol–water partition coefficient (Wildman–Crippen LogP) is 4.65. The number of fused-ring (bicyclic) bond motifs is 1. The van der Waals surface area contributed by atoms with Gasteiger partial charge in [0.25, 0.3) is 0 Å². The lowest BCUT2D eigenvalue weighted by Gasteiger charge is -2.09. The molecule has 1 aromatic heterocycles. The van der Waals surface area contributed by atoms with Crippen molar-refractivity contribution in [1.29, 1.82) is 0 Å². The molecule has 114 valence electrons. The first-order valence-corrected chi connectivity index (χ1v) is 7.66. The Labute approximate surface area is 133 Å². The lowest BCUT2D eigenvalue weighted by atomic mass is 9.93. The summed E-state index contributed by atoms with van der Waals surface area (Å²) < 4.78 is 11.1. The van der Waals surface area contributed by atoms with E-state index in [2.05, 4.69) is 5.16 Å². The zero-order chi connectivity index (χ0) is 15.6. The molecule has 0 unspecified atom stereocenters. The fourth-order valence-electron chi connectivity index (χ4n) is 2.82. The second-order valence-corrected chi connectivity index (χ2v) is 5.55. The quantitative estimate of drug-likeness (QED) is 0.706.